The number of rotatable bonds is 4. The molecule has 33 heavy (non-hydrogen) atoms. The Kier molecular flexibility index (Phi) is 6.74. The predicted molar refractivity (Wildman–Crippen MR) is 125 cm³/mol. The van der Waals surface area contributed by atoms with Crippen LogP contribution in [0.5, 0.6) is 5.75 Å². The highest BCUT2D eigenvalue weighted by molar-refractivity contribution is 6.32. The van der Waals surface area contributed by atoms with Crippen molar-refractivity contribution in [3.8, 4) is 5.75 Å². The molecule has 3 aliphatic carbocycles. The van der Waals surface area contributed by atoms with E-state index in [4.69, 9.17) is 25.8 Å². The lowest BCUT2D eigenvalue weighted by atomic mass is 9.62. The third-order valence-electron chi connectivity index (χ3n) is 7.76. The molecule has 1 saturated heterocycles. The molecule has 180 valence electrons. The molecular weight excluding hydrogens is 444 g/mol. The summed E-state index contributed by atoms with van der Waals surface area (Å²) < 4.78 is 17.3. The largest absolute Gasteiger partial charge is 0.496 e. The average Bonchev–Trinajstić information content (AvgIpc) is 2.82. The molecule has 6 nitrogen and oxygen atoms in total. The van der Waals surface area contributed by atoms with Gasteiger partial charge in [0.15, 0.2) is 0 Å². The lowest BCUT2D eigenvalue weighted by Gasteiger charge is -2.43. The summed E-state index contributed by atoms with van der Waals surface area (Å²) in [5.41, 5.74) is 5.64. The van der Waals surface area contributed by atoms with E-state index >= 15 is 0 Å². The highest BCUT2D eigenvalue weighted by Crippen LogP contribution is 2.53. The minimum atomic E-state index is -1.39. The summed E-state index contributed by atoms with van der Waals surface area (Å²) in [6.07, 6.45) is 4.80. The van der Waals surface area contributed by atoms with E-state index in [0.29, 0.717) is 22.6 Å². The van der Waals surface area contributed by atoms with Crippen molar-refractivity contribution < 1.29 is 29.5 Å². The molecular formula is C26H33ClO6. The average molecular weight is 477 g/mol. The SMILES string of the molecule is CO/C(=C1\C2CCCC1C1=C(CCCC1)C2)c1ccc(Cl)c(OC2OC[C@@H](O)[C@H](O)[C@@H]2O)c1. The lowest BCUT2D eigenvalue weighted by Crippen LogP contribution is -2.54. The summed E-state index contributed by atoms with van der Waals surface area (Å²) in [4.78, 5) is 0. The molecule has 5 rings (SSSR count). The van der Waals surface area contributed by atoms with Gasteiger partial charge in [0.05, 0.1) is 18.7 Å². The van der Waals surface area contributed by atoms with Crippen molar-refractivity contribution in [1.29, 1.82) is 0 Å². The van der Waals surface area contributed by atoms with Gasteiger partial charge in [-0.15, -0.1) is 0 Å². The molecule has 6 atom stereocenters. The van der Waals surface area contributed by atoms with E-state index in [9.17, 15) is 15.3 Å². The van der Waals surface area contributed by atoms with Gasteiger partial charge < -0.3 is 29.5 Å². The molecule has 1 heterocycles. The van der Waals surface area contributed by atoms with Gasteiger partial charge in [-0.1, -0.05) is 29.2 Å². The van der Waals surface area contributed by atoms with E-state index in [1.807, 2.05) is 12.1 Å². The van der Waals surface area contributed by atoms with E-state index in [1.54, 1.807) is 24.3 Å². The predicted octanol–water partition coefficient (Wildman–Crippen LogP) is 4.21. The number of halogens is 1. The van der Waals surface area contributed by atoms with Crippen LogP contribution in [0.4, 0.5) is 0 Å². The van der Waals surface area contributed by atoms with E-state index in [1.165, 1.54) is 50.5 Å². The highest BCUT2D eigenvalue weighted by atomic mass is 35.5. The van der Waals surface area contributed by atoms with Gasteiger partial charge in [0, 0.05) is 11.5 Å². The van der Waals surface area contributed by atoms with Crippen molar-refractivity contribution in [1.82, 2.24) is 0 Å². The van der Waals surface area contributed by atoms with Crippen LogP contribution in [0.1, 0.15) is 56.9 Å². The molecule has 2 bridgehead atoms. The van der Waals surface area contributed by atoms with Gasteiger partial charge in [-0.25, -0.2) is 0 Å². The third-order valence-corrected chi connectivity index (χ3v) is 8.07. The van der Waals surface area contributed by atoms with Crippen LogP contribution in [-0.4, -0.2) is 53.6 Å². The van der Waals surface area contributed by atoms with E-state index in [0.717, 1.165) is 17.7 Å². The molecule has 4 aliphatic rings. The molecule has 3 N–H and O–H groups in total. The number of hydrogen-bond donors (Lipinski definition) is 3. The maximum Gasteiger partial charge on any atom is 0.228 e. The Bertz CT molecular complexity index is 956. The van der Waals surface area contributed by atoms with Crippen LogP contribution in [0.15, 0.2) is 34.9 Å². The summed E-state index contributed by atoms with van der Waals surface area (Å²) in [5, 5.41) is 30.3. The molecule has 3 unspecified atom stereocenters. The van der Waals surface area contributed by atoms with Crippen molar-refractivity contribution in [2.24, 2.45) is 11.8 Å². The quantitative estimate of drug-likeness (QED) is 0.445. The fourth-order valence-electron chi connectivity index (χ4n) is 6.17. The number of aliphatic hydroxyl groups excluding tert-OH is 3. The Morgan fingerprint density at radius 2 is 1.88 bits per heavy atom. The zero-order chi connectivity index (χ0) is 23.1. The molecule has 1 saturated carbocycles. The number of fused-ring (bicyclic) bond motifs is 3. The van der Waals surface area contributed by atoms with Gasteiger partial charge >= 0.3 is 0 Å². The standard InChI is InChI=1S/C26H33ClO6/c1-31-25(22-15-6-4-8-18(22)17-7-3-2-5-14(17)11-15)16-9-10-19(27)21(12-16)33-26-24(30)23(29)20(28)13-32-26/h9-10,12,15,18,20,23-24,26,28-30H,2-8,11,13H2,1H3/b25-22+/t15?,18?,20-,23+,24+,26?/m1/s1. The first-order valence-electron chi connectivity index (χ1n) is 12.1. The number of methoxy groups -OCH3 is 1. The first-order valence-corrected chi connectivity index (χ1v) is 12.5. The highest BCUT2D eigenvalue weighted by Gasteiger charge is 2.41. The lowest BCUT2D eigenvalue weighted by molar-refractivity contribution is -0.242. The second-order valence-corrected chi connectivity index (χ2v) is 10.1. The second kappa shape index (κ2) is 9.59. The molecule has 0 spiro atoms. The first-order chi connectivity index (χ1) is 16.0. The summed E-state index contributed by atoms with van der Waals surface area (Å²) in [7, 11) is 1.73. The van der Waals surface area contributed by atoms with Crippen LogP contribution in [0.3, 0.4) is 0 Å². The van der Waals surface area contributed by atoms with E-state index in [-0.39, 0.29) is 6.61 Å². The van der Waals surface area contributed by atoms with E-state index in [2.05, 4.69) is 0 Å². The van der Waals surface area contributed by atoms with Crippen molar-refractivity contribution in [2.75, 3.05) is 13.7 Å². The van der Waals surface area contributed by atoms with Crippen molar-refractivity contribution in [3.63, 3.8) is 0 Å². The Morgan fingerprint density at radius 1 is 1.06 bits per heavy atom. The van der Waals surface area contributed by atoms with Gasteiger partial charge in [-0.2, -0.15) is 0 Å². The zero-order valence-corrected chi connectivity index (χ0v) is 19.8. The Morgan fingerprint density at radius 3 is 2.70 bits per heavy atom. The van der Waals surface area contributed by atoms with Gasteiger partial charge in [0.2, 0.25) is 6.29 Å². The Labute approximate surface area is 199 Å². The van der Waals surface area contributed by atoms with Crippen LogP contribution in [0.25, 0.3) is 5.76 Å². The minimum absolute atomic E-state index is 0.131. The number of ether oxygens (including phenoxy) is 3. The molecule has 2 fully saturated rings. The van der Waals surface area contributed by atoms with E-state index < -0.39 is 24.6 Å². The smallest absolute Gasteiger partial charge is 0.228 e. The van der Waals surface area contributed by atoms with Crippen LogP contribution in [-0.2, 0) is 9.47 Å². The van der Waals surface area contributed by atoms with Crippen molar-refractivity contribution in [3.05, 3.63) is 45.5 Å². The molecule has 7 heteroatoms. The van der Waals surface area contributed by atoms with Gasteiger partial charge in [-0.05, 0) is 74.6 Å². The number of benzene rings is 1. The van der Waals surface area contributed by atoms with Gasteiger partial charge in [0.1, 0.15) is 29.8 Å². The Hall–Kier alpha value is -1.57. The summed E-state index contributed by atoms with van der Waals surface area (Å²) in [6, 6.07) is 5.52. The fourth-order valence-corrected chi connectivity index (χ4v) is 6.33. The fraction of sp³-hybridized carbons (Fsp3) is 0.615. The summed E-state index contributed by atoms with van der Waals surface area (Å²) in [6.45, 7) is -0.131. The van der Waals surface area contributed by atoms with Crippen LogP contribution < -0.4 is 4.74 Å². The van der Waals surface area contributed by atoms with Crippen LogP contribution in [0, 0.1) is 11.8 Å². The topological polar surface area (TPSA) is 88.4 Å². The monoisotopic (exact) mass is 476 g/mol. The molecule has 0 radical (unpaired) electrons. The summed E-state index contributed by atoms with van der Waals surface area (Å²) >= 11 is 6.41. The summed E-state index contributed by atoms with van der Waals surface area (Å²) in [5.74, 6) is 2.21. The molecule has 1 aromatic carbocycles. The van der Waals surface area contributed by atoms with Crippen LogP contribution in [0.2, 0.25) is 5.02 Å². The number of allylic oxidation sites excluding steroid dienone is 3. The maximum atomic E-state index is 10.3. The molecule has 1 aliphatic heterocycles. The normalized spacial score (nSPS) is 35.7. The first kappa shape index (κ1) is 23.2. The molecule has 1 aromatic rings. The van der Waals surface area contributed by atoms with Gasteiger partial charge in [0.25, 0.3) is 0 Å². The minimum Gasteiger partial charge on any atom is -0.496 e. The number of aliphatic hydroxyl groups is 3. The molecule has 0 aromatic heterocycles. The van der Waals surface area contributed by atoms with Crippen molar-refractivity contribution >= 4 is 17.4 Å². The number of hydrogen-bond acceptors (Lipinski definition) is 6. The Balaban J connectivity index is 1.48. The van der Waals surface area contributed by atoms with Crippen molar-refractivity contribution in [2.45, 2.75) is 76.0 Å². The molecule has 0 amide bonds. The maximum absolute atomic E-state index is 10.3. The second-order valence-electron chi connectivity index (χ2n) is 9.72. The third kappa shape index (κ3) is 4.32. The zero-order valence-electron chi connectivity index (χ0n) is 19.0. The van der Waals surface area contributed by atoms with Crippen LogP contribution >= 0.6 is 11.6 Å². The van der Waals surface area contributed by atoms with Gasteiger partial charge in [-0.3, -0.25) is 0 Å².